The lowest BCUT2D eigenvalue weighted by Crippen LogP contribution is -2.09. The van der Waals surface area contributed by atoms with Gasteiger partial charge in [-0.3, -0.25) is 10.1 Å². The van der Waals surface area contributed by atoms with E-state index >= 15 is 0 Å². The average Bonchev–Trinajstić information content (AvgIpc) is 3.36. The number of anilines is 1. The van der Waals surface area contributed by atoms with Crippen LogP contribution in [0.3, 0.4) is 0 Å². The van der Waals surface area contributed by atoms with E-state index < -0.39 is 0 Å². The van der Waals surface area contributed by atoms with Crippen molar-refractivity contribution >= 4 is 49.6 Å². The summed E-state index contributed by atoms with van der Waals surface area (Å²) in [5.41, 5.74) is 0.910. The lowest BCUT2D eigenvalue weighted by atomic mass is 10.2. The third-order valence-electron chi connectivity index (χ3n) is 3.54. The Labute approximate surface area is 171 Å². The summed E-state index contributed by atoms with van der Waals surface area (Å²) in [5, 5.41) is 14.0. The summed E-state index contributed by atoms with van der Waals surface area (Å²) >= 11 is 6.11. The Balaban J connectivity index is 1.44. The van der Waals surface area contributed by atoms with Crippen LogP contribution >= 0.6 is 38.6 Å². The summed E-state index contributed by atoms with van der Waals surface area (Å²) < 4.78 is 6.82. The fourth-order valence-electron chi connectivity index (χ4n) is 2.26. The molecule has 0 aliphatic rings. The maximum Gasteiger partial charge on any atom is 0.267 e. The molecule has 2 aromatic heterocycles. The number of ether oxygens (including phenoxy) is 1. The molecule has 1 N–H and O–H groups in total. The zero-order valence-electron chi connectivity index (χ0n) is 13.8. The van der Waals surface area contributed by atoms with Crippen LogP contribution in [0.5, 0.6) is 11.5 Å². The van der Waals surface area contributed by atoms with Crippen molar-refractivity contribution in [3.8, 4) is 22.1 Å². The average molecular weight is 458 g/mol. The van der Waals surface area contributed by atoms with Crippen molar-refractivity contribution in [3.63, 3.8) is 0 Å². The summed E-state index contributed by atoms with van der Waals surface area (Å²) in [6.45, 7) is 0. The van der Waals surface area contributed by atoms with Crippen molar-refractivity contribution in [1.82, 2.24) is 10.2 Å². The lowest BCUT2D eigenvalue weighted by Gasteiger charge is -2.06. The monoisotopic (exact) mass is 457 g/mol. The van der Waals surface area contributed by atoms with Gasteiger partial charge in [0.15, 0.2) is 0 Å². The molecule has 0 saturated carbocycles. The van der Waals surface area contributed by atoms with Gasteiger partial charge in [0.25, 0.3) is 5.91 Å². The molecule has 8 heteroatoms. The highest BCUT2D eigenvalue weighted by molar-refractivity contribution is 9.10. The summed E-state index contributed by atoms with van der Waals surface area (Å²) in [5.74, 6) is 1.32. The van der Waals surface area contributed by atoms with Crippen molar-refractivity contribution in [3.05, 3.63) is 75.4 Å². The first kappa shape index (κ1) is 17.8. The van der Waals surface area contributed by atoms with Gasteiger partial charge in [-0.05, 0) is 60.0 Å². The van der Waals surface area contributed by atoms with Crippen LogP contribution in [-0.2, 0) is 0 Å². The van der Waals surface area contributed by atoms with Gasteiger partial charge < -0.3 is 4.74 Å². The molecule has 2 aromatic carbocycles. The van der Waals surface area contributed by atoms with E-state index in [0.29, 0.717) is 10.0 Å². The zero-order valence-corrected chi connectivity index (χ0v) is 17.0. The number of hydrogen-bond acceptors (Lipinski definition) is 6. The Morgan fingerprint density at radius 1 is 0.963 bits per heavy atom. The number of nitrogens with zero attached hydrogens (tertiary/aromatic N) is 2. The van der Waals surface area contributed by atoms with Crippen molar-refractivity contribution < 1.29 is 9.53 Å². The molecule has 2 heterocycles. The molecule has 4 aromatic rings. The quantitative estimate of drug-likeness (QED) is 0.394. The third kappa shape index (κ3) is 4.41. The second kappa shape index (κ2) is 7.99. The number of hydrogen-bond donors (Lipinski definition) is 1. The molecule has 0 spiro atoms. The van der Waals surface area contributed by atoms with Crippen LogP contribution in [0, 0.1) is 0 Å². The van der Waals surface area contributed by atoms with Gasteiger partial charge in [-0.1, -0.05) is 33.3 Å². The van der Waals surface area contributed by atoms with E-state index in [1.54, 1.807) is 6.07 Å². The van der Waals surface area contributed by atoms with E-state index in [2.05, 4.69) is 31.4 Å². The number of aromatic nitrogens is 2. The third-order valence-corrected chi connectivity index (χ3v) is 5.83. The largest absolute Gasteiger partial charge is 0.457 e. The first-order valence-corrected chi connectivity index (χ1v) is 10.4. The molecule has 0 bridgehead atoms. The van der Waals surface area contributed by atoms with Crippen LogP contribution in [0.2, 0.25) is 0 Å². The summed E-state index contributed by atoms with van der Waals surface area (Å²) in [6.07, 6.45) is 0. The SMILES string of the molecule is O=C(Nc1nnc(-c2ccc(Oc3ccc(Br)cc3)cc2)s1)c1cccs1. The van der Waals surface area contributed by atoms with Crippen LogP contribution in [0.4, 0.5) is 5.13 Å². The molecular weight excluding hydrogens is 446 g/mol. The van der Waals surface area contributed by atoms with E-state index in [9.17, 15) is 4.79 Å². The number of rotatable bonds is 5. The fraction of sp³-hybridized carbons (Fsp3) is 0. The number of carbonyl (C=O) groups excluding carboxylic acids is 1. The molecule has 5 nitrogen and oxygen atoms in total. The highest BCUT2D eigenvalue weighted by Gasteiger charge is 2.12. The van der Waals surface area contributed by atoms with Gasteiger partial charge >= 0.3 is 0 Å². The van der Waals surface area contributed by atoms with E-state index in [4.69, 9.17) is 4.74 Å². The molecule has 0 radical (unpaired) electrons. The first-order chi connectivity index (χ1) is 13.2. The molecule has 0 aliphatic heterocycles. The van der Waals surface area contributed by atoms with E-state index in [1.165, 1.54) is 22.7 Å². The summed E-state index contributed by atoms with van der Waals surface area (Å²) in [6, 6.07) is 18.8. The minimum Gasteiger partial charge on any atom is -0.457 e. The predicted octanol–water partition coefficient (Wildman–Crippen LogP) is 6.07. The Morgan fingerprint density at radius 2 is 1.67 bits per heavy atom. The maximum atomic E-state index is 12.1. The van der Waals surface area contributed by atoms with Gasteiger partial charge in [-0.2, -0.15) is 0 Å². The number of thiophene rings is 1. The second-order valence-electron chi connectivity index (χ2n) is 5.42. The number of benzene rings is 2. The van der Waals surface area contributed by atoms with Gasteiger partial charge in [0.05, 0.1) is 4.88 Å². The van der Waals surface area contributed by atoms with Crippen molar-refractivity contribution in [2.24, 2.45) is 0 Å². The number of carbonyl (C=O) groups is 1. The van der Waals surface area contributed by atoms with E-state index in [-0.39, 0.29) is 5.91 Å². The minimum atomic E-state index is -0.175. The lowest BCUT2D eigenvalue weighted by molar-refractivity contribution is 0.103. The highest BCUT2D eigenvalue weighted by atomic mass is 79.9. The first-order valence-electron chi connectivity index (χ1n) is 7.89. The van der Waals surface area contributed by atoms with E-state index in [0.717, 1.165) is 26.5 Å². The minimum absolute atomic E-state index is 0.175. The van der Waals surface area contributed by atoms with Gasteiger partial charge in [0.2, 0.25) is 5.13 Å². The molecular formula is C19H12BrN3O2S2. The number of halogens is 1. The van der Waals surface area contributed by atoms with Crippen LogP contribution in [0.15, 0.2) is 70.5 Å². The Bertz CT molecular complexity index is 1050. The molecule has 27 heavy (non-hydrogen) atoms. The standard InChI is InChI=1S/C19H12BrN3O2S2/c20-13-5-9-15(10-6-13)25-14-7-3-12(4-8-14)18-22-23-19(27-18)21-17(24)16-2-1-11-26-16/h1-11H,(H,21,23,24). The van der Waals surface area contributed by atoms with Crippen LogP contribution in [-0.4, -0.2) is 16.1 Å². The zero-order chi connectivity index (χ0) is 18.6. The van der Waals surface area contributed by atoms with Gasteiger partial charge in [0.1, 0.15) is 16.5 Å². The van der Waals surface area contributed by atoms with E-state index in [1.807, 2.05) is 60.0 Å². The van der Waals surface area contributed by atoms with Crippen molar-refractivity contribution in [2.45, 2.75) is 0 Å². The Kier molecular flexibility index (Phi) is 5.28. The molecule has 1 amide bonds. The molecule has 0 fully saturated rings. The predicted molar refractivity (Wildman–Crippen MR) is 112 cm³/mol. The smallest absolute Gasteiger partial charge is 0.267 e. The molecule has 0 saturated heterocycles. The van der Waals surface area contributed by atoms with Gasteiger partial charge in [-0.25, -0.2) is 0 Å². The normalized spacial score (nSPS) is 10.6. The molecule has 0 unspecified atom stereocenters. The Morgan fingerprint density at radius 3 is 2.33 bits per heavy atom. The molecule has 4 rings (SSSR count). The van der Waals surface area contributed by atoms with Crippen LogP contribution < -0.4 is 10.1 Å². The fourth-order valence-corrected chi connectivity index (χ4v) is 3.89. The van der Waals surface area contributed by atoms with Crippen LogP contribution in [0.25, 0.3) is 10.6 Å². The van der Waals surface area contributed by atoms with Gasteiger partial charge in [-0.15, -0.1) is 21.5 Å². The topological polar surface area (TPSA) is 64.1 Å². The molecule has 0 atom stereocenters. The van der Waals surface area contributed by atoms with Gasteiger partial charge in [0, 0.05) is 10.0 Å². The van der Waals surface area contributed by atoms with Crippen LogP contribution in [0.1, 0.15) is 9.67 Å². The summed E-state index contributed by atoms with van der Waals surface area (Å²) in [7, 11) is 0. The molecule has 0 aliphatic carbocycles. The maximum absolute atomic E-state index is 12.1. The number of amides is 1. The summed E-state index contributed by atoms with van der Waals surface area (Å²) in [4.78, 5) is 12.7. The Hall–Kier alpha value is -2.55. The second-order valence-corrected chi connectivity index (χ2v) is 8.27. The number of nitrogens with one attached hydrogen (secondary N) is 1. The van der Waals surface area contributed by atoms with Crippen molar-refractivity contribution in [2.75, 3.05) is 5.32 Å². The highest BCUT2D eigenvalue weighted by Crippen LogP contribution is 2.30. The molecule has 134 valence electrons. The van der Waals surface area contributed by atoms with Crippen molar-refractivity contribution in [1.29, 1.82) is 0 Å².